The summed E-state index contributed by atoms with van der Waals surface area (Å²) in [5.74, 6) is 4.08. The van der Waals surface area contributed by atoms with E-state index in [0.717, 1.165) is 52.1 Å². The van der Waals surface area contributed by atoms with Gasteiger partial charge in [-0.2, -0.15) is 0 Å². The van der Waals surface area contributed by atoms with Gasteiger partial charge < -0.3 is 9.80 Å². The van der Waals surface area contributed by atoms with Crippen LogP contribution in [0, 0.1) is 23.7 Å². The van der Waals surface area contributed by atoms with Crippen LogP contribution in [0.15, 0.2) is 261 Å². The molecule has 18 rings (SSSR count). The van der Waals surface area contributed by atoms with Crippen molar-refractivity contribution in [1.29, 1.82) is 0 Å². The lowest BCUT2D eigenvalue weighted by molar-refractivity contribution is -0.00276. The fourth-order valence-electron chi connectivity index (χ4n) is 17.5. The van der Waals surface area contributed by atoms with Crippen LogP contribution in [0.5, 0.6) is 0 Å². The largest absolute Gasteiger partial charge is 0.310 e. The van der Waals surface area contributed by atoms with Gasteiger partial charge >= 0.3 is 0 Å². The molecule has 0 N–H and O–H groups in total. The molecule has 0 aliphatic heterocycles. The second kappa shape index (κ2) is 18.3. The van der Waals surface area contributed by atoms with E-state index in [1.165, 1.54) is 127 Å². The van der Waals surface area contributed by atoms with E-state index in [2.05, 4.69) is 285 Å². The van der Waals surface area contributed by atoms with Gasteiger partial charge in [0.2, 0.25) is 0 Å². The van der Waals surface area contributed by atoms with Crippen LogP contribution in [-0.2, 0) is 10.8 Å². The molecule has 0 heterocycles. The molecular formula is C80H64N2. The number of hydrogen-bond donors (Lipinski definition) is 0. The minimum atomic E-state index is -0.667. The highest BCUT2D eigenvalue weighted by Crippen LogP contribution is 2.66. The first-order chi connectivity index (χ1) is 40.4. The maximum absolute atomic E-state index is 2.63. The highest BCUT2D eigenvalue weighted by molar-refractivity contribution is 6.03. The number of benzene rings is 11. The first-order valence-electron chi connectivity index (χ1n) is 30.1. The van der Waals surface area contributed by atoms with E-state index in [1.54, 1.807) is 5.56 Å². The molecule has 82 heavy (non-hydrogen) atoms. The maximum atomic E-state index is 2.63. The molecule has 4 bridgehead atoms. The van der Waals surface area contributed by atoms with Crippen molar-refractivity contribution in [1.82, 2.24) is 0 Å². The first kappa shape index (κ1) is 47.8. The number of para-hydroxylation sites is 3. The van der Waals surface area contributed by atoms with Crippen LogP contribution in [0.2, 0.25) is 0 Å². The first-order valence-corrected chi connectivity index (χ1v) is 30.1. The SMILES string of the molecule is CC1(C)c2ccccc2-c2cc(N(c3ccccc3)c3cc4c(cc3-c3ccccc3)-c3ccccc3C43c4ccccc4-c4cc(-c5cccc(C6C7CC8CC(C7)CC6C8)c5)c(N(c5ccccc5)c5ccccc5)cc43)ccc21. The van der Waals surface area contributed by atoms with Gasteiger partial charge in [-0.25, -0.2) is 0 Å². The Morgan fingerprint density at radius 2 is 0.707 bits per heavy atom. The molecule has 2 heteroatoms. The van der Waals surface area contributed by atoms with Crippen molar-refractivity contribution >= 4 is 34.1 Å². The third kappa shape index (κ3) is 7.00. The Labute approximate surface area is 483 Å². The second-order valence-corrected chi connectivity index (χ2v) is 25.2. The lowest BCUT2D eigenvalue weighted by atomic mass is 9.50. The minimum absolute atomic E-state index is 0.112. The molecule has 1 unspecified atom stereocenters. The Morgan fingerprint density at radius 1 is 0.293 bits per heavy atom. The van der Waals surface area contributed by atoms with Crippen molar-refractivity contribution < 1.29 is 0 Å². The van der Waals surface area contributed by atoms with Gasteiger partial charge in [0, 0.05) is 39.3 Å². The number of rotatable bonds is 9. The Kier molecular flexibility index (Phi) is 10.6. The van der Waals surface area contributed by atoms with Gasteiger partial charge in [-0.15, -0.1) is 0 Å². The fourth-order valence-corrected chi connectivity index (χ4v) is 17.5. The van der Waals surface area contributed by atoms with Crippen molar-refractivity contribution in [3.8, 4) is 55.6 Å². The highest BCUT2D eigenvalue weighted by Gasteiger charge is 2.53. The van der Waals surface area contributed by atoms with Crippen LogP contribution >= 0.6 is 0 Å². The van der Waals surface area contributed by atoms with Gasteiger partial charge in [0.1, 0.15) is 0 Å². The molecule has 0 amide bonds. The predicted octanol–water partition coefficient (Wildman–Crippen LogP) is 21.1. The standard InChI is InChI=1S/C80H64N2/c1-79(2)70-35-18-15-32-62(70)67-46-61(38-39-71(67)79)82(60-30-13-6-14-31-60)76-49-74-68(47-65(76)53-22-7-3-8-23-53)63-33-16-19-36-72(63)80(74)73-37-20-17-34-64(73)69-48-66(54-24-21-25-55(45-54)78-56-41-51-40-52(43-56)44-57(78)42-51)77(50-75(69)80)81(58-26-9-4-10-27-58)59-28-11-5-12-29-59/h3-39,45-52,56-57,78H,40-44H2,1-2H3. The highest BCUT2D eigenvalue weighted by atomic mass is 15.2. The Bertz CT molecular complexity index is 4260. The lowest BCUT2D eigenvalue weighted by Crippen LogP contribution is -2.43. The summed E-state index contributed by atoms with van der Waals surface area (Å²) in [6.07, 6.45) is 7.08. The molecule has 1 atom stereocenters. The second-order valence-electron chi connectivity index (χ2n) is 25.2. The average molecular weight is 1050 g/mol. The van der Waals surface area contributed by atoms with Crippen molar-refractivity contribution in [2.24, 2.45) is 23.7 Å². The van der Waals surface area contributed by atoms with Crippen LogP contribution in [0.4, 0.5) is 34.1 Å². The number of fused-ring (bicyclic) bond motifs is 13. The summed E-state index contributed by atoms with van der Waals surface area (Å²) in [7, 11) is 0. The average Bonchev–Trinajstić information content (AvgIpc) is 3.21. The summed E-state index contributed by atoms with van der Waals surface area (Å²) in [5.41, 5.74) is 28.3. The van der Waals surface area contributed by atoms with Crippen molar-refractivity contribution in [3.05, 3.63) is 300 Å². The normalized spacial score (nSPS) is 21.3. The third-order valence-corrected chi connectivity index (χ3v) is 20.6. The third-order valence-electron chi connectivity index (χ3n) is 20.6. The maximum Gasteiger partial charge on any atom is 0.0727 e. The molecule has 11 aromatic carbocycles. The van der Waals surface area contributed by atoms with E-state index in [0.29, 0.717) is 5.92 Å². The van der Waals surface area contributed by atoms with E-state index in [-0.39, 0.29) is 5.41 Å². The lowest BCUT2D eigenvalue weighted by Gasteiger charge is -2.54. The van der Waals surface area contributed by atoms with Gasteiger partial charge in [0.15, 0.2) is 0 Å². The summed E-state index contributed by atoms with van der Waals surface area (Å²) in [6.45, 7) is 4.75. The van der Waals surface area contributed by atoms with Crippen LogP contribution in [0.25, 0.3) is 55.6 Å². The molecule has 4 fully saturated rings. The molecule has 4 saturated carbocycles. The van der Waals surface area contributed by atoms with Crippen LogP contribution in [-0.4, -0.2) is 0 Å². The minimum Gasteiger partial charge on any atom is -0.310 e. The van der Waals surface area contributed by atoms with E-state index >= 15 is 0 Å². The zero-order chi connectivity index (χ0) is 54.3. The van der Waals surface area contributed by atoms with Gasteiger partial charge in [-0.05, 0) is 218 Å². The molecule has 7 aliphatic rings. The monoisotopic (exact) mass is 1050 g/mol. The summed E-state index contributed by atoms with van der Waals surface area (Å²) in [6, 6.07) is 99.7. The topological polar surface area (TPSA) is 6.48 Å². The molecule has 0 aromatic heterocycles. The van der Waals surface area contributed by atoms with E-state index < -0.39 is 5.41 Å². The number of hydrogen-bond acceptors (Lipinski definition) is 2. The van der Waals surface area contributed by atoms with Gasteiger partial charge in [0.05, 0.1) is 16.8 Å². The molecular weight excluding hydrogens is 989 g/mol. The van der Waals surface area contributed by atoms with Crippen molar-refractivity contribution in [2.75, 3.05) is 9.80 Å². The number of nitrogens with zero attached hydrogens (tertiary/aromatic N) is 2. The smallest absolute Gasteiger partial charge is 0.0727 e. The van der Waals surface area contributed by atoms with Crippen molar-refractivity contribution in [3.63, 3.8) is 0 Å². The van der Waals surface area contributed by atoms with Gasteiger partial charge in [0.25, 0.3) is 0 Å². The van der Waals surface area contributed by atoms with Gasteiger partial charge in [-0.1, -0.05) is 202 Å². The Balaban J connectivity index is 0.948. The summed E-state index contributed by atoms with van der Waals surface area (Å²) < 4.78 is 0. The van der Waals surface area contributed by atoms with E-state index in [4.69, 9.17) is 0 Å². The molecule has 0 saturated heterocycles. The fraction of sp³-hybridized carbons (Fsp3) is 0.175. The summed E-state index contributed by atoms with van der Waals surface area (Å²) in [5, 5.41) is 0. The number of anilines is 6. The molecule has 394 valence electrons. The quantitative estimate of drug-likeness (QED) is 0.142. The summed E-state index contributed by atoms with van der Waals surface area (Å²) in [4.78, 5) is 5.09. The molecule has 0 radical (unpaired) electrons. The molecule has 7 aliphatic carbocycles. The van der Waals surface area contributed by atoms with Crippen LogP contribution in [0.3, 0.4) is 0 Å². The van der Waals surface area contributed by atoms with Gasteiger partial charge in [-0.3, -0.25) is 0 Å². The molecule has 1 spiro atoms. The Morgan fingerprint density at radius 3 is 1.24 bits per heavy atom. The van der Waals surface area contributed by atoms with Crippen LogP contribution < -0.4 is 9.80 Å². The zero-order valence-corrected chi connectivity index (χ0v) is 46.6. The molecule has 11 aromatic rings. The van der Waals surface area contributed by atoms with Crippen LogP contribution in [0.1, 0.15) is 90.8 Å². The Hall–Kier alpha value is -8.98. The van der Waals surface area contributed by atoms with Crippen molar-refractivity contribution in [2.45, 2.75) is 62.7 Å². The molecule has 2 nitrogen and oxygen atoms in total. The van der Waals surface area contributed by atoms with E-state index in [9.17, 15) is 0 Å². The zero-order valence-electron chi connectivity index (χ0n) is 46.6. The van der Waals surface area contributed by atoms with E-state index in [1.807, 2.05) is 0 Å². The summed E-state index contributed by atoms with van der Waals surface area (Å²) >= 11 is 0. The predicted molar refractivity (Wildman–Crippen MR) is 340 cm³/mol.